The number of fused-ring (bicyclic) bond motifs is 1. The minimum absolute atomic E-state index is 0.0890. The largest absolute Gasteiger partial charge is 0.486 e. The third-order valence-corrected chi connectivity index (χ3v) is 3.31. The molecule has 1 aliphatic rings. The van der Waals surface area contributed by atoms with Crippen molar-refractivity contribution in [1.82, 2.24) is 0 Å². The molecule has 0 aliphatic carbocycles. The van der Waals surface area contributed by atoms with E-state index in [1.165, 1.54) is 12.1 Å². The lowest BCUT2D eigenvalue weighted by Crippen LogP contribution is -2.16. The second-order valence-corrected chi connectivity index (χ2v) is 4.70. The van der Waals surface area contributed by atoms with Gasteiger partial charge in [0, 0.05) is 5.56 Å². The first-order chi connectivity index (χ1) is 10.5. The van der Waals surface area contributed by atoms with Crippen molar-refractivity contribution in [3.8, 4) is 28.7 Å². The highest BCUT2D eigenvalue weighted by molar-refractivity contribution is 5.78. The Kier molecular flexibility index (Phi) is 3.41. The van der Waals surface area contributed by atoms with Gasteiger partial charge in [0.15, 0.2) is 11.5 Å². The maximum absolute atomic E-state index is 13.2. The molecule has 0 fully saturated rings. The first kappa shape index (κ1) is 14.3. The van der Waals surface area contributed by atoms with Gasteiger partial charge in [-0.25, -0.2) is 0 Å². The molecule has 0 aromatic heterocycles. The van der Waals surface area contributed by atoms with Gasteiger partial charge in [-0.1, -0.05) is 12.1 Å². The van der Waals surface area contributed by atoms with Crippen LogP contribution < -0.4 is 9.47 Å². The lowest BCUT2D eigenvalue weighted by atomic mass is 9.96. The smallest absolute Gasteiger partial charge is 0.417 e. The van der Waals surface area contributed by atoms with E-state index in [4.69, 9.17) is 14.7 Å². The SMILES string of the molecule is N#Cc1ccc(C(F)(F)F)c(-c2cccc3c2OCCO3)c1. The second-order valence-electron chi connectivity index (χ2n) is 4.70. The molecule has 0 atom stereocenters. The molecule has 2 aromatic rings. The number of ether oxygens (including phenoxy) is 2. The number of nitriles is 1. The zero-order valence-electron chi connectivity index (χ0n) is 11.3. The van der Waals surface area contributed by atoms with Crippen LogP contribution in [-0.4, -0.2) is 13.2 Å². The zero-order chi connectivity index (χ0) is 15.7. The third-order valence-electron chi connectivity index (χ3n) is 3.31. The van der Waals surface area contributed by atoms with Gasteiger partial charge in [-0.3, -0.25) is 0 Å². The van der Waals surface area contributed by atoms with Crippen LogP contribution >= 0.6 is 0 Å². The number of benzene rings is 2. The number of halogens is 3. The molecule has 112 valence electrons. The highest BCUT2D eigenvalue weighted by Gasteiger charge is 2.35. The number of hydrogen-bond donors (Lipinski definition) is 0. The molecule has 0 N–H and O–H groups in total. The molecule has 22 heavy (non-hydrogen) atoms. The average Bonchev–Trinajstić information content (AvgIpc) is 2.53. The molecule has 0 saturated heterocycles. The summed E-state index contributed by atoms with van der Waals surface area (Å²) in [4.78, 5) is 0. The molecule has 0 amide bonds. The van der Waals surface area contributed by atoms with Crippen LogP contribution in [-0.2, 0) is 6.18 Å². The maximum Gasteiger partial charge on any atom is 0.417 e. The summed E-state index contributed by atoms with van der Waals surface area (Å²) in [6, 6.07) is 9.91. The van der Waals surface area contributed by atoms with Crippen LogP contribution in [0, 0.1) is 11.3 Å². The maximum atomic E-state index is 13.2. The van der Waals surface area contributed by atoms with Gasteiger partial charge in [-0.2, -0.15) is 18.4 Å². The summed E-state index contributed by atoms with van der Waals surface area (Å²) >= 11 is 0. The van der Waals surface area contributed by atoms with Gasteiger partial charge in [0.05, 0.1) is 17.2 Å². The molecule has 3 rings (SSSR count). The molecule has 3 nitrogen and oxygen atoms in total. The van der Waals surface area contributed by atoms with Crippen molar-refractivity contribution in [2.75, 3.05) is 13.2 Å². The van der Waals surface area contributed by atoms with Gasteiger partial charge in [0.25, 0.3) is 0 Å². The van der Waals surface area contributed by atoms with Crippen LogP contribution in [0.5, 0.6) is 11.5 Å². The standard InChI is InChI=1S/C16H10F3NO2/c17-16(18,19)13-5-4-10(9-20)8-12(13)11-2-1-3-14-15(11)22-7-6-21-14/h1-5,8H,6-7H2. The van der Waals surface area contributed by atoms with E-state index in [0.29, 0.717) is 12.4 Å². The minimum atomic E-state index is -4.53. The Labute approximate surface area is 124 Å². The van der Waals surface area contributed by atoms with Crippen LogP contribution in [0.4, 0.5) is 13.2 Å². The quantitative estimate of drug-likeness (QED) is 0.799. The van der Waals surface area contributed by atoms with E-state index in [9.17, 15) is 13.2 Å². The first-order valence-corrected chi connectivity index (χ1v) is 6.51. The second kappa shape index (κ2) is 5.26. The topological polar surface area (TPSA) is 42.2 Å². The Balaban J connectivity index is 2.26. The third kappa shape index (κ3) is 2.46. The number of hydrogen-bond acceptors (Lipinski definition) is 3. The molecule has 0 unspecified atom stereocenters. The Morgan fingerprint density at radius 2 is 1.77 bits per heavy atom. The first-order valence-electron chi connectivity index (χ1n) is 6.51. The van der Waals surface area contributed by atoms with E-state index in [1.807, 2.05) is 6.07 Å². The predicted octanol–water partition coefficient (Wildman–Crippen LogP) is 4.02. The highest BCUT2D eigenvalue weighted by Crippen LogP contribution is 2.44. The summed E-state index contributed by atoms with van der Waals surface area (Å²) in [7, 11) is 0. The highest BCUT2D eigenvalue weighted by atomic mass is 19.4. The van der Waals surface area contributed by atoms with E-state index in [1.54, 1.807) is 12.1 Å². The molecule has 1 heterocycles. The zero-order valence-corrected chi connectivity index (χ0v) is 11.3. The van der Waals surface area contributed by atoms with Crippen molar-refractivity contribution >= 4 is 0 Å². The fourth-order valence-corrected chi connectivity index (χ4v) is 2.37. The van der Waals surface area contributed by atoms with Gasteiger partial charge >= 0.3 is 6.18 Å². The van der Waals surface area contributed by atoms with Gasteiger partial charge < -0.3 is 9.47 Å². The summed E-state index contributed by atoms with van der Waals surface area (Å²) in [5.41, 5.74) is -0.484. The molecule has 6 heteroatoms. The van der Waals surface area contributed by atoms with Crippen molar-refractivity contribution in [1.29, 1.82) is 5.26 Å². The molecule has 0 bridgehead atoms. The molecule has 0 radical (unpaired) electrons. The van der Waals surface area contributed by atoms with Crippen molar-refractivity contribution in [3.05, 3.63) is 47.5 Å². The minimum Gasteiger partial charge on any atom is -0.486 e. The number of alkyl halides is 3. The van der Waals surface area contributed by atoms with E-state index in [0.717, 1.165) is 12.1 Å². The van der Waals surface area contributed by atoms with Crippen LogP contribution in [0.2, 0.25) is 0 Å². The van der Waals surface area contributed by atoms with Crippen LogP contribution in [0.15, 0.2) is 36.4 Å². The molecular weight excluding hydrogens is 295 g/mol. The normalized spacial score (nSPS) is 13.5. The van der Waals surface area contributed by atoms with Crippen molar-refractivity contribution in [2.45, 2.75) is 6.18 Å². The Hall–Kier alpha value is -2.68. The Bertz CT molecular complexity index is 763. The Morgan fingerprint density at radius 3 is 2.50 bits per heavy atom. The molecule has 0 spiro atoms. The summed E-state index contributed by atoms with van der Waals surface area (Å²) in [6.07, 6.45) is -4.53. The van der Waals surface area contributed by atoms with E-state index in [2.05, 4.69) is 0 Å². The lowest BCUT2D eigenvalue weighted by molar-refractivity contribution is -0.137. The van der Waals surface area contributed by atoms with Gasteiger partial charge in [-0.05, 0) is 29.8 Å². The van der Waals surface area contributed by atoms with E-state index < -0.39 is 11.7 Å². The molecule has 0 saturated carbocycles. The monoisotopic (exact) mass is 305 g/mol. The summed E-state index contributed by atoms with van der Waals surface area (Å²) in [6.45, 7) is 0.615. The van der Waals surface area contributed by atoms with E-state index >= 15 is 0 Å². The van der Waals surface area contributed by atoms with E-state index in [-0.39, 0.29) is 29.0 Å². The van der Waals surface area contributed by atoms with Crippen LogP contribution in [0.1, 0.15) is 11.1 Å². The summed E-state index contributed by atoms with van der Waals surface area (Å²) in [5.74, 6) is 0.675. The van der Waals surface area contributed by atoms with Crippen LogP contribution in [0.3, 0.4) is 0 Å². The van der Waals surface area contributed by atoms with Crippen molar-refractivity contribution < 1.29 is 22.6 Å². The fraction of sp³-hybridized carbons (Fsp3) is 0.188. The van der Waals surface area contributed by atoms with Gasteiger partial charge in [0.2, 0.25) is 0 Å². The fourth-order valence-electron chi connectivity index (χ4n) is 2.37. The average molecular weight is 305 g/mol. The number of rotatable bonds is 1. The summed E-state index contributed by atoms with van der Waals surface area (Å²) < 4.78 is 50.6. The Morgan fingerprint density at radius 1 is 1.00 bits per heavy atom. The van der Waals surface area contributed by atoms with Gasteiger partial charge in [-0.15, -0.1) is 0 Å². The molecule has 1 aliphatic heterocycles. The molecular formula is C16H10F3NO2. The van der Waals surface area contributed by atoms with Crippen molar-refractivity contribution in [2.24, 2.45) is 0 Å². The lowest BCUT2D eigenvalue weighted by Gasteiger charge is -2.22. The van der Waals surface area contributed by atoms with Crippen molar-refractivity contribution in [3.63, 3.8) is 0 Å². The predicted molar refractivity (Wildman–Crippen MR) is 72.6 cm³/mol. The van der Waals surface area contributed by atoms with Crippen LogP contribution in [0.25, 0.3) is 11.1 Å². The summed E-state index contributed by atoms with van der Waals surface area (Å²) in [5, 5.41) is 8.95. The number of para-hydroxylation sites is 1. The van der Waals surface area contributed by atoms with Gasteiger partial charge in [0.1, 0.15) is 13.2 Å². The molecule has 2 aromatic carbocycles. The number of nitrogens with zero attached hydrogens (tertiary/aromatic N) is 1.